The molecule has 4 rings (SSSR count). The third-order valence-corrected chi connectivity index (χ3v) is 8.11. The summed E-state index contributed by atoms with van der Waals surface area (Å²) >= 11 is 1.53. The monoisotopic (exact) mass is 446 g/mol. The number of benzene rings is 1. The lowest BCUT2D eigenvalue weighted by Crippen LogP contribution is -2.37. The normalized spacial score (nSPS) is 15.6. The van der Waals surface area contributed by atoms with E-state index in [0.717, 1.165) is 27.2 Å². The SMILES string of the molecule is CN(C)S(=O)(=O)c1ccc(C(=O)N2CCC(c3nnc(-c4ccco4)s3)CC2)cc1. The Morgan fingerprint density at radius 1 is 1.13 bits per heavy atom. The summed E-state index contributed by atoms with van der Waals surface area (Å²) in [6.45, 7) is 1.24. The van der Waals surface area contributed by atoms with Gasteiger partial charge in [0.15, 0.2) is 10.8 Å². The molecule has 0 atom stereocenters. The highest BCUT2D eigenvalue weighted by atomic mass is 32.2. The number of carbonyl (C=O) groups excluding carboxylic acids is 1. The molecule has 8 nitrogen and oxygen atoms in total. The first-order valence-corrected chi connectivity index (χ1v) is 11.8. The number of piperidine rings is 1. The van der Waals surface area contributed by atoms with E-state index in [1.54, 1.807) is 23.3 Å². The molecule has 3 heterocycles. The highest BCUT2D eigenvalue weighted by Gasteiger charge is 2.27. The van der Waals surface area contributed by atoms with Crippen molar-refractivity contribution in [3.63, 3.8) is 0 Å². The molecule has 1 aliphatic heterocycles. The van der Waals surface area contributed by atoms with E-state index in [1.807, 2.05) is 12.1 Å². The average molecular weight is 447 g/mol. The second-order valence-electron chi connectivity index (χ2n) is 7.30. The third kappa shape index (κ3) is 4.03. The molecule has 158 valence electrons. The largest absolute Gasteiger partial charge is 0.462 e. The Balaban J connectivity index is 1.39. The van der Waals surface area contributed by atoms with Crippen molar-refractivity contribution in [1.82, 2.24) is 19.4 Å². The summed E-state index contributed by atoms with van der Waals surface area (Å²) in [5.74, 6) is 0.893. The molecule has 0 saturated carbocycles. The van der Waals surface area contributed by atoms with E-state index in [2.05, 4.69) is 10.2 Å². The minimum atomic E-state index is -3.51. The number of aromatic nitrogens is 2. The van der Waals surface area contributed by atoms with Gasteiger partial charge in [-0.15, -0.1) is 10.2 Å². The second-order valence-corrected chi connectivity index (χ2v) is 10.5. The van der Waals surface area contributed by atoms with Crippen LogP contribution in [0.5, 0.6) is 0 Å². The molecule has 0 radical (unpaired) electrons. The van der Waals surface area contributed by atoms with Gasteiger partial charge in [-0.05, 0) is 49.2 Å². The molecule has 0 N–H and O–H groups in total. The summed E-state index contributed by atoms with van der Waals surface area (Å²) in [6, 6.07) is 9.79. The maximum Gasteiger partial charge on any atom is 0.253 e. The fourth-order valence-electron chi connectivity index (χ4n) is 3.39. The minimum Gasteiger partial charge on any atom is -0.462 e. The number of carbonyl (C=O) groups is 1. The molecule has 0 unspecified atom stereocenters. The maximum atomic E-state index is 12.8. The van der Waals surface area contributed by atoms with Gasteiger partial charge in [0.05, 0.1) is 11.2 Å². The predicted octanol–water partition coefficient (Wildman–Crippen LogP) is 3.07. The smallest absolute Gasteiger partial charge is 0.253 e. The number of hydrogen-bond acceptors (Lipinski definition) is 7. The van der Waals surface area contributed by atoms with Crippen molar-refractivity contribution < 1.29 is 17.6 Å². The lowest BCUT2D eigenvalue weighted by molar-refractivity contribution is 0.0712. The molecule has 0 aliphatic carbocycles. The van der Waals surface area contributed by atoms with Crippen molar-refractivity contribution in [2.24, 2.45) is 0 Å². The van der Waals surface area contributed by atoms with Crippen LogP contribution in [0.25, 0.3) is 10.8 Å². The van der Waals surface area contributed by atoms with Crippen molar-refractivity contribution in [3.8, 4) is 10.8 Å². The summed E-state index contributed by atoms with van der Waals surface area (Å²) in [5, 5.41) is 10.3. The molecule has 2 aromatic heterocycles. The highest BCUT2D eigenvalue weighted by Crippen LogP contribution is 2.34. The third-order valence-electron chi connectivity index (χ3n) is 5.18. The van der Waals surface area contributed by atoms with Crippen LogP contribution in [0.2, 0.25) is 0 Å². The zero-order chi connectivity index (χ0) is 21.3. The minimum absolute atomic E-state index is 0.0872. The molecule has 1 fully saturated rings. The number of nitrogens with zero attached hydrogens (tertiary/aromatic N) is 4. The van der Waals surface area contributed by atoms with Crippen LogP contribution >= 0.6 is 11.3 Å². The summed E-state index contributed by atoms with van der Waals surface area (Å²) in [5.41, 5.74) is 0.488. The Hall–Kier alpha value is -2.56. The Bertz CT molecular complexity index is 1110. The molecule has 0 bridgehead atoms. The van der Waals surface area contributed by atoms with Gasteiger partial charge in [-0.1, -0.05) is 11.3 Å². The van der Waals surface area contributed by atoms with E-state index in [4.69, 9.17) is 4.42 Å². The predicted molar refractivity (Wildman–Crippen MR) is 113 cm³/mol. The van der Waals surface area contributed by atoms with Crippen LogP contribution in [-0.4, -0.2) is 60.9 Å². The van der Waals surface area contributed by atoms with E-state index in [-0.39, 0.29) is 16.7 Å². The van der Waals surface area contributed by atoms with Gasteiger partial charge >= 0.3 is 0 Å². The molecule has 10 heteroatoms. The van der Waals surface area contributed by atoms with Gasteiger partial charge in [0.1, 0.15) is 5.01 Å². The molecular formula is C20H22N4O4S2. The summed E-state index contributed by atoms with van der Waals surface area (Å²) in [4.78, 5) is 14.8. The van der Waals surface area contributed by atoms with Gasteiger partial charge < -0.3 is 9.32 Å². The molecule has 0 spiro atoms. The summed E-state index contributed by atoms with van der Waals surface area (Å²) in [6.07, 6.45) is 3.24. The van der Waals surface area contributed by atoms with Crippen LogP contribution < -0.4 is 0 Å². The second kappa shape index (κ2) is 8.29. The Kier molecular flexibility index (Phi) is 5.72. The first-order chi connectivity index (χ1) is 14.4. The summed E-state index contributed by atoms with van der Waals surface area (Å²) < 4.78 is 30.9. The number of hydrogen-bond donors (Lipinski definition) is 0. The van der Waals surface area contributed by atoms with Crippen LogP contribution in [0.15, 0.2) is 52.0 Å². The Morgan fingerprint density at radius 3 is 2.43 bits per heavy atom. The van der Waals surface area contributed by atoms with E-state index in [9.17, 15) is 13.2 Å². The lowest BCUT2D eigenvalue weighted by Gasteiger charge is -2.31. The molecule has 1 saturated heterocycles. The quantitative estimate of drug-likeness (QED) is 0.598. The van der Waals surface area contributed by atoms with E-state index in [1.165, 1.54) is 37.6 Å². The number of amides is 1. The Labute approximate surface area is 179 Å². The maximum absolute atomic E-state index is 12.8. The average Bonchev–Trinajstić information content (AvgIpc) is 3.45. The fraction of sp³-hybridized carbons (Fsp3) is 0.350. The number of sulfonamides is 1. The van der Waals surface area contributed by atoms with Crippen LogP contribution in [0.3, 0.4) is 0 Å². The van der Waals surface area contributed by atoms with Gasteiger partial charge in [0.2, 0.25) is 10.0 Å². The van der Waals surface area contributed by atoms with Crippen molar-refractivity contribution in [1.29, 1.82) is 0 Å². The molecule has 1 aromatic carbocycles. The molecule has 3 aromatic rings. The van der Waals surface area contributed by atoms with Gasteiger partial charge in [0, 0.05) is 38.7 Å². The molecule has 1 amide bonds. The van der Waals surface area contributed by atoms with Crippen LogP contribution in [0.4, 0.5) is 0 Å². The first-order valence-electron chi connectivity index (χ1n) is 9.55. The molecular weight excluding hydrogens is 424 g/mol. The van der Waals surface area contributed by atoms with Gasteiger partial charge in [0.25, 0.3) is 5.91 Å². The van der Waals surface area contributed by atoms with E-state index in [0.29, 0.717) is 24.4 Å². The number of rotatable bonds is 5. The van der Waals surface area contributed by atoms with Crippen molar-refractivity contribution in [2.45, 2.75) is 23.7 Å². The highest BCUT2D eigenvalue weighted by molar-refractivity contribution is 7.89. The van der Waals surface area contributed by atoms with Gasteiger partial charge in [-0.2, -0.15) is 0 Å². The standard InChI is InChI=1S/C20H22N4O4S2/c1-23(2)30(26,27)16-7-5-15(6-8-16)20(25)24-11-9-14(10-12-24)18-21-22-19(29-18)17-4-3-13-28-17/h3-8,13-14H,9-12H2,1-2H3. The number of likely N-dealkylation sites (tertiary alicyclic amines) is 1. The van der Waals surface area contributed by atoms with Crippen LogP contribution in [0, 0.1) is 0 Å². The van der Waals surface area contributed by atoms with Crippen molar-refractivity contribution >= 4 is 27.3 Å². The first kappa shape index (κ1) is 20.7. The lowest BCUT2D eigenvalue weighted by atomic mass is 9.97. The van der Waals surface area contributed by atoms with Crippen LogP contribution in [0.1, 0.15) is 34.1 Å². The number of furan rings is 1. The van der Waals surface area contributed by atoms with Crippen molar-refractivity contribution in [3.05, 3.63) is 53.2 Å². The molecule has 30 heavy (non-hydrogen) atoms. The van der Waals surface area contributed by atoms with E-state index >= 15 is 0 Å². The topological polar surface area (TPSA) is 96.6 Å². The van der Waals surface area contributed by atoms with Gasteiger partial charge in [-0.25, -0.2) is 12.7 Å². The van der Waals surface area contributed by atoms with E-state index < -0.39 is 10.0 Å². The van der Waals surface area contributed by atoms with Crippen LogP contribution in [-0.2, 0) is 10.0 Å². The molecule has 1 aliphatic rings. The van der Waals surface area contributed by atoms with Crippen molar-refractivity contribution in [2.75, 3.05) is 27.2 Å². The van der Waals surface area contributed by atoms with Gasteiger partial charge in [-0.3, -0.25) is 4.79 Å². The zero-order valence-corrected chi connectivity index (χ0v) is 18.3. The summed E-state index contributed by atoms with van der Waals surface area (Å²) in [7, 11) is -0.546. The zero-order valence-electron chi connectivity index (χ0n) is 16.7. The fourth-order valence-corrected chi connectivity index (χ4v) is 5.27. The Morgan fingerprint density at radius 2 is 1.83 bits per heavy atom.